The average Bonchev–Trinajstić information content (AvgIpc) is 3.29. The van der Waals surface area contributed by atoms with Crippen molar-refractivity contribution in [2.45, 2.75) is 19.1 Å². The van der Waals surface area contributed by atoms with Crippen LogP contribution in [-0.4, -0.2) is 46.3 Å². The van der Waals surface area contributed by atoms with Crippen LogP contribution in [0.2, 0.25) is 0 Å². The van der Waals surface area contributed by atoms with Crippen molar-refractivity contribution in [3.8, 4) is 17.6 Å². The van der Waals surface area contributed by atoms with Crippen molar-refractivity contribution in [2.75, 3.05) is 25.1 Å². The Morgan fingerprint density at radius 2 is 2.11 bits per heavy atom. The fourth-order valence-electron chi connectivity index (χ4n) is 3.59. The zero-order valence-corrected chi connectivity index (χ0v) is 15.0. The molecule has 1 atom stereocenters. The Hall–Kier alpha value is -3.24. The van der Waals surface area contributed by atoms with Crippen LogP contribution in [0.1, 0.15) is 17.5 Å². The number of aliphatic hydroxyl groups is 1. The monoisotopic (exact) mass is 364 g/mol. The predicted molar refractivity (Wildman–Crippen MR) is 101 cm³/mol. The van der Waals surface area contributed by atoms with Crippen LogP contribution in [0.25, 0.3) is 10.9 Å². The van der Waals surface area contributed by atoms with Crippen LogP contribution in [-0.2, 0) is 6.54 Å². The van der Waals surface area contributed by atoms with Crippen LogP contribution in [0, 0.1) is 11.3 Å². The maximum atomic E-state index is 10.4. The summed E-state index contributed by atoms with van der Waals surface area (Å²) in [7, 11) is 1.62. The first-order chi connectivity index (χ1) is 13.1. The molecule has 7 heteroatoms. The lowest BCUT2D eigenvalue weighted by atomic mass is 10.1. The highest BCUT2D eigenvalue weighted by atomic mass is 16.5. The van der Waals surface area contributed by atoms with Gasteiger partial charge in [-0.3, -0.25) is 4.68 Å². The molecule has 0 spiro atoms. The Morgan fingerprint density at radius 1 is 1.33 bits per heavy atom. The number of hydrogen-bond acceptors (Lipinski definition) is 6. The summed E-state index contributed by atoms with van der Waals surface area (Å²) in [5, 5.41) is 35.1. The molecule has 2 aromatic carbocycles. The number of benzene rings is 2. The van der Waals surface area contributed by atoms with Crippen molar-refractivity contribution in [2.24, 2.45) is 0 Å². The second kappa shape index (κ2) is 6.82. The minimum Gasteiger partial charge on any atom is -0.506 e. The molecule has 0 saturated carbocycles. The molecule has 3 aromatic rings. The second-order valence-corrected chi connectivity index (χ2v) is 6.70. The van der Waals surface area contributed by atoms with E-state index in [-0.39, 0.29) is 17.4 Å². The molecule has 2 N–H and O–H groups in total. The normalized spacial score (nSPS) is 16.6. The molecule has 2 heterocycles. The third-order valence-corrected chi connectivity index (χ3v) is 4.99. The van der Waals surface area contributed by atoms with Crippen LogP contribution >= 0.6 is 0 Å². The Kier molecular flexibility index (Phi) is 4.34. The van der Waals surface area contributed by atoms with E-state index >= 15 is 0 Å². The highest BCUT2D eigenvalue weighted by molar-refractivity contribution is 5.97. The number of β-amino-alcohol motifs (C(OH)–C–C–N with tert-alkyl or cyclic N) is 1. The number of rotatable bonds is 4. The van der Waals surface area contributed by atoms with Crippen molar-refractivity contribution in [3.63, 3.8) is 0 Å². The van der Waals surface area contributed by atoms with Gasteiger partial charge in [-0.2, -0.15) is 10.4 Å². The van der Waals surface area contributed by atoms with E-state index in [1.54, 1.807) is 24.1 Å². The van der Waals surface area contributed by atoms with Gasteiger partial charge in [-0.1, -0.05) is 12.1 Å². The third kappa shape index (κ3) is 3.04. The maximum absolute atomic E-state index is 10.4. The first-order valence-corrected chi connectivity index (χ1v) is 8.78. The Balaban J connectivity index is 1.79. The largest absolute Gasteiger partial charge is 0.506 e. The Bertz CT molecular complexity index is 1020. The van der Waals surface area contributed by atoms with E-state index < -0.39 is 0 Å². The standard InChI is InChI=1S/C20H20N4O3/c1-27-15-4-2-13(3-5-15)11-24-20-16(9-21)19(26)8-18(17(20)10-22-24)23-7-6-14(25)12-23/h2-5,8,10,14,25-26H,6-7,11-12H2,1H3/t14-/m1/s1. The SMILES string of the molecule is COc1ccc(Cn2ncc3c(N4CC[C@@H](O)C4)cc(O)c(C#N)c32)cc1. The highest BCUT2D eigenvalue weighted by Gasteiger charge is 2.25. The van der Waals surface area contributed by atoms with Gasteiger partial charge in [0.25, 0.3) is 0 Å². The average molecular weight is 364 g/mol. The lowest BCUT2D eigenvalue weighted by Gasteiger charge is -2.20. The number of methoxy groups -OCH3 is 1. The van der Waals surface area contributed by atoms with Gasteiger partial charge in [0.15, 0.2) is 0 Å². The predicted octanol–water partition coefficient (Wildman–Crippen LogP) is 2.24. The van der Waals surface area contributed by atoms with E-state index in [4.69, 9.17) is 4.74 Å². The van der Waals surface area contributed by atoms with Gasteiger partial charge in [-0.05, 0) is 24.1 Å². The van der Waals surface area contributed by atoms with Crippen molar-refractivity contribution < 1.29 is 14.9 Å². The maximum Gasteiger partial charge on any atom is 0.137 e. The molecule has 1 aliphatic rings. The van der Waals surface area contributed by atoms with E-state index in [1.807, 2.05) is 29.2 Å². The molecule has 4 rings (SSSR count). The minimum absolute atomic E-state index is 0.0714. The number of phenols is 1. The van der Waals surface area contributed by atoms with Gasteiger partial charge in [-0.15, -0.1) is 0 Å². The zero-order valence-electron chi connectivity index (χ0n) is 15.0. The molecule has 1 aliphatic heterocycles. The summed E-state index contributed by atoms with van der Waals surface area (Å²) in [5.74, 6) is 0.701. The number of fused-ring (bicyclic) bond motifs is 1. The number of nitriles is 1. The van der Waals surface area contributed by atoms with Crippen LogP contribution in [0.15, 0.2) is 36.5 Å². The van der Waals surface area contributed by atoms with E-state index in [1.165, 1.54) is 0 Å². The van der Waals surface area contributed by atoms with Crippen LogP contribution in [0.4, 0.5) is 5.69 Å². The van der Waals surface area contributed by atoms with Crippen LogP contribution < -0.4 is 9.64 Å². The van der Waals surface area contributed by atoms with E-state index in [0.29, 0.717) is 31.6 Å². The summed E-state index contributed by atoms with van der Waals surface area (Å²) in [6.07, 6.45) is 2.02. The number of anilines is 1. The number of aromatic hydroxyl groups is 1. The summed E-state index contributed by atoms with van der Waals surface area (Å²) in [6.45, 7) is 1.67. The van der Waals surface area contributed by atoms with Gasteiger partial charge in [0.1, 0.15) is 23.1 Å². The van der Waals surface area contributed by atoms with E-state index in [0.717, 1.165) is 22.4 Å². The molecule has 0 radical (unpaired) electrons. The molecule has 27 heavy (non-hydrogen) atoms. The smallest absolute Gasteiger partial charge is 0.137 e. The molecule has 0 aliphatic carbocycles. The van der Waals surface area contributed by atoms with Crippen LogP contribution in [0.5, 0.6) is 11.5 Å². The number of phenolic OH excluding ortho intramolecular Hbond substituents is 1. The second-order valence-electron chi connectivity index (χ2n) is 6.70. The summed E-state index contributed by atoms with van der Waals surface area (Å²) >= 11 is 0. The molecular weight excluding hydrogens is 344 g/mol. The minimum atomic E-state index is -0.382. The van der Waals surface area contributed by atoms with Gasteiger partial charge >= 0.3 is 0 Å². The lowest BCUT2D eigenvalue weighted by Crippen LogP contribution is -2.21. The number of hydrogen-bond donors (Lipinski definition) is 2. The van der Waals surface area contributed by atoms with Gasteiger partial charge in [-0.25, -0.2) is 0 Å². The summed E-state index contributed by atoms with van der Waals surface area (Å²) in [5.41, 5.74) is 2.61. The van der Waals surface area contributed by atoms with Gasteiger partial charge in [0, 0.05) is 24.5 Å². The Morgan fingerprint density at radius 3 is 2.74 bits per heavy atom. The molecule has 0 bridgehead atoms. The Labute approximate surface area is 156 Å². The van der Waals surface area contributed by atoms with Crippen molar-refractivity contribution in [1.82, 2.24) is 9.78 Å². The first kappa shape index (κ1) is 17.2. The molecule has 0 amide bonds. The molecule has 1 saturated heterocycles. The van der Waals surface area contributed by atoms with Crippen molar-refractivity contribution >= 4 is 16.6 Å². The molecule has 1 aromatic heterocycles. The number of nitrogens with zero attached hydrogens (tertiary/aromatic N) is 4. The molecule has 0 unspecified atom stereocenters. The lowest BCUT2D eigenvalue weighted by molar-refractivity contribution is 0.198. The zero-order chi connectivity index (χ0) is 19.0. The number of ether oxygens (including phenoxy) is 1. The highest BCUT2D eigenvalue weighted by Crippen LogP contribution is 2.37. The quantitative estimate of drug-likeness (QED) is 0.737. The van der Waals surface area contributed by atoms with Crippen LogP contribution in [0.3, 0.4) is 0 Å². The first-order valence-electron chi connectivity index (χ1n) is 8.78. The molecule has 1 fully saturated rings. The van der Waals surface area contributed by atoms with Crippen molar-refractivity contribution in [3.05, 3.63) is 47.7 Å². The van der Waals surface area contributed by atoms with E-state index in [9.17, 15) is 15.5 Å². The van der Waals surface area contributed by atoms with Gasteiger partial charge < -0.3 is 19.8 Å². The third-order valence-electron chi connectivity index (χ3n) is 4.99. The van der Waals surface area contributed by atoms with E-state index in [2.05, 4.69) is 11.2 Å². The molecule has 7 nitrogen and oxygen atoms in total. The molecular formula is C20H20N4O3. The number of aliphatic hydroxyl groups excluding tert-OH is 1. The fourth-order valence-corrected chi connectivity index (χ4v) is 3.59. The topological polar surface area (TPSA) is 94.5 Å². The van der Waals surface area contributed by atoms with Gasteiger partial charge in [0.2, 0.25) is 0 Å². The summed E-state index contributed by atoms with van der Waals surface area (Å²) in [4.78, 5) is 2.02. The number of aromatic nitrogens is 2. The fraction of sp³-hybridized carbons (Fsp3) is 0.300. The summed E-state index contributed by atoms with van der Waals surface area (Å²) < 4.78 is 6.91. The summed E-state index contributed by atoms with van der Waals surface area (Å²) in [6, 6.07) is 11.3. The molecule has 138 valence electrons. The van der Waals surface area contributed by atoms with Gasteiger partial charge in [0.05, 0.1) is 37.2 Å². The van der Waals surface area contributed by atoms with Crippen molar-refractivity contribution in [1.29, 1.82) is 5.26 Å².